The smallest absolute Gasteiger partial charge is 0.307 e. The first kappa shape index (κ1) is 14.3. The molecule has 1 aliphatic carbocycles. The van der Waals surface area contributed by atoms with Gasteiger partial charge in [0.05, 0.1) is 11.8 Å². The number of amides is 1. The second-order valence-corrected chi connectivity index (χ2v) is 6.15. The number of nitrogens with one attached hydrogen (secondary N) is 1. The van der Waals surface area contributed by atoms with Gasteiger partial charge in [0.2, 0.25) is 5.91 Å². The van der Waals surface area contributed by atoms with Crippen LogP contribution >= 0.6 is 0 Å². The van der Waals surface area contributed by atoms with Gasteiger partial charge in [-0.15, -0.1) is 0 Å². The number of hydrogen-bond donors (Lipinski definition) is 2. The molecule has 1 saturated heterocycles. The minimum absolute atomic E-state index is 0.0722. The van der Waals surface area contributed by atoms with Crippen LogP contribution in [0.1, 0.15) is 32.6 Å². The molecule has 19 heavy (non-hydrogen) atoms. The van der Waals surface area contributed by atoms with E-state index in [9.17, 15) is 14.7 Å². The molecule has 2 N–H and O–H groups in total. The molecule has 2 unspecified atom stereocenters. The molecule has 1 amide bonds. The Bertz CT molecular complexity index is 359. The zero-order valence-corrected chi connectivity index (χ0v) is 11.8. The fourth-order valence-corrected chi connectivity index (χ4v) is 3.44. The van der Waals surface area contributed by atoms with Crippen molar-refractivity contribution in [1.82, 2.24) is 10.2 Å². The molecule has 5 heteroatoms. The molecule has 2 fully saturated rings. The molecule has 0 aromatic rings. The van der Waals surface area contributed by atoms with Crippen molar-refractivity contribution in [3.63, 3.8) is 0 Å². The van der Waals surface area contributed by atoms with Gasteiger partial charge in [-0.05, 0) is 45.2 Å². The average molecular weight is 268 g/mol. The van der Waals surface area contributed by atoms with Crippen LogP contribution in [0.3, 0.4) is 0 Å². The third-order valence-electron chi connectivity index (χ3n) is 4.64. The molecule has 1 heterocycles. The molecule has 0 aromatic carbocycles. The lowest BCUT2D eigenvalue weighted by Gasteiger charge is -2.22. The predicted octanol–water partition coefficient (Wildman–Crippen LogP) is 0.944. The van der Waals surface area contributed by atoms with Crippen LogP contribution in [0.15, 0.2) is 0 Å². The quantitative estimate of drug-likeness (QED) is 0.796. The highest BCUT2D eigenvalue weighted by Gasteiger charge is 2.41. The lowest BCUT2D eigenvalue weighted by atomic mass is 9.95. The summed E-state index contributed by atoms with van der Waals surface area (Å²) < 4.78 is 0. The highest BCUT2D eigenvalue weighted by molar-refractivity contribution is 5.85. The van der Waals surface area contributed by atoms with Crippen molar-refractivity contribution >= 4 is 11.9 Å². The summed E-state index contributed by atoms with van der Waals surface area (Å²) in [6, 6.07) is 0.408. The van der Waals surface area contributed by atoms with Gasteiger partial charge < -0.3 is 15.3 Å². The Hall–Kier alpha value is -1.10. The number of carboxylic acid groups (broad SMARTS) is 1. The molecule has 2 rings (SSSR count). The average Bonchev–Trinajstić information content (AvgIpc) is 2.92. The zero-order valence-electron chi connectivity index (χ0n) is 11.8. The summed E-state index contributed by atoms with van der Waals surface area (Å²) in [5.74, 6) is -1.43. The number of carbonyl (C=O) groups excluding carboxylic acids is 1. The number of rotatable bonds is 4. The Kier molecular flexibility index (Phi) is 4.45. The van der Waals surface area contributed by atoms with Crippen LogP contribution in [0.25, 0.3) is 0 Å². The van der Waals surface area contributed by atoms with Crippen LogP contribution in [0.2, 0.25) is 0 Å². The van der Waals surface area contributed by atoms with Crippen molar-refractivity contribution in [2.75, 3.05) is 20.1 Å². The SMILES string of the molecule is CC1C[C@H](C(=O)NCC2CCCN2C)[C@H](C(=O)O)C1. The van der Waals surface area contributed by atoms with Crippen molar-refractivity contribution in [3.05, 3.63) is 0 Å². The summed E-state index contributed by atoms with van der Waals surface area (Å²) in [4.78, 5) is 25.6. The van der Waals surface area contributed by atoms with Gasteiger partial charge in [-0.3, -0.25) is 9.59 Å². The van der Waals surface area contributed by atoms with Crippen LogP contribution in [0.5, 0.6) is 0 Å². The van der Waals surface area contributed by atoms with Crippen LogP contribution in [0.4, 0.5) is 0 Å². The molecule has 0 spiro atoms. The molecular weight excluding hydrogens is 244 g/mol. The second-order valence-electron chi connectivity index (χ2n) is 6.15. The van der Waals surface area contributed by atoms with Crippen LogP contribution in [-0.2, 0) is 9.59 Å². The van der Waals surface area contributed by atoms with Crippen LogP contribution in [-0.4, -0.2) is 48.1 Å². The Morgan fingerprint density at radius 2 is 2.00 bits per heavy atom. The molecule has 5 nitrogen and oxygen atoms in total. The van der Waals surface area contributed by atoms with Gasteiger partial charge in [0, 0.05) is 12.6 Å². The van der Waals surface area contributed by atoms with Crippen molar-refractivity contribution in [2.24, 2.45) is 17.8 Å². The predicted molar refractivity (Wildman–Crippen MR) is 71.7 cm³/mol. The monoisotopic (exact) mass is 268 g/mol. The van der Waals surface area contributed by atoms with E-state index in [0.29, 0.717) is 31.3 Å². The van der Waals surface area contributed by atoms with E-state index in [4.69, 9.17) is 0 Å². The highest BCUT2D eigenvalue weighted by Crippen LogP contribution is 2.36. The summed E-state index contributed by atoms with van der Waals surface area (Å²) in [6.07, 6.45) is 3.61. The standard InChI is InChI=1S/C14H24N2O3/c1-9-6-11(12(7-9)14(18)19)13(17)15-8-10-4-3-5-16(10)2/h9-12H,3-8H2,1-2H3,(H,15,17)(H,18,19)/t9?,10?,11-,12+/m0/s1. The van der Waals surface area contributed by atoms with E-state index in [2.05, 4.69) is 17.3 Å². The van der Waals surface area contributed by atoms with Gasteiger partial charge in [0.25, 0.3) is 0 Å². The first-order valence-corrected chi connectivity index (χ1v) is 7.19. The molecule has 1 aliphatic heterocycles. The minimum atomic E-state index is -0.831. The lowest BCUT2D eigenvalue weighted by Crippen LogP contribution is -2.42. The maximum Gasteiger partial charge on any atom is 0.307 e. The van der Waals surface area contributed by atoms with Gasteiger partial charge in [-0.25, -0.2) is 0 Å². The molecule has 108 valence electrons. The zero-order chi connectivity index (χ0) is 14.0. The first-order valence-electron chi connectivity index (χ1n) is 7.19. The van der Waals surface area contributed by atoms with E-state index < -0.39 is 11.9 Å². The molecule has 4 atom stereocenters. The molecular formula is C14H24N2O3. The Morgan fingerprint density at radius 1 is 1.32 bits per heavy atom. The number of likely N-dealkylation sites (N-methyl/N-ethyl adjacent to an activating group) is 1. The minimum Gasteiger partial charge on any atom is -0.481 e. The van der Waals surface area contributed by atoms with E-state index in [-0.39, 0.29) is 11.8 Å². The number of likely N-dealkylation sites (tertiary alicyclic amines) is 1. The summed E-state index contributed by atoms with van der Waals surface area (Å²) in [7, 11) is 2.07. The number of hydrogen-bond acceptors (Lipinski definition) is 3. The fraction of sp³-hybridized carbons (Fsp3) is 0.857. The second kappa shape index (κ2) is 5.90. The number of aliphatic carboxylic acids is 1. The van der Waals surface area contributed by atoms with Gasteiger partial charge in [0.15, 0.2) is 0 Å². The molecule has 0 bridgehead atoms. The Labute approximate surface area is 114 Å². The third kappa shape index (κ3) is 3.26. The van der Waals surface area contributed by atoms with Gasteiger partial charge in [-0.2, -0.15) is 0 Å². The topological polar surface area (TPSA) is 69.6 Å². The Morgan fingerprint density at radius 3 is 2.58 bits per heavy atom. The van der Waals surface area contributed by atoms with E-state index in [1.807, 2.05) is 6.92 Å². The van der Waals surface area contributed by atoms with E-state index >= 15 is 0 Å². The molecule has 0 radical (unpaired) electrons. The van der Waals surface area contributed by atoms with Crippen LogP contribution < -0.4 is 5.32 Å². The summed E-state index contributed by atoms with van der Waals surface area (Å²) in [5.41, 5.74) is 0. The van der Waals surface area contributed by atoms with Gasteiger partial charge >= 0.3 is 5.97 Å². The summed E-state index contributed by atoms with van der Waals surface area (Å²) in [6.45, 7) is 3.75. The maximum absolute atomic E-state index is 12.2. The number of carboxylic acids is 1. The summed E-state index contributed by atoms with van der Waals surface area (Å²) in [5, 5.41) is 12.1. The number of nitrogens with zero attached hydrogens (tertiary/aromatic N) is 1. The van der Waals surface area contributed by atoms with Crippen molar-refractivity contribution in [2.45, 2.75) is 38.6 Å². The molecule has 2 aliphatic rings. The van der Waals surface area contributed by atoms with Crippen molar-refractivity contribution < 1.29 is 14.7 Å². The maximum atomic E-state index is 12.2. The summed E-state index contributed by atoms with van der Waals surface area (Å²) >= 11 is 0. The largest absolute Gasteiger partial charge is 0.481 e. The molecule has 0 aromatic heterocycles. The van der Waals surface area contributed by atoms with Crippen LogP contribution in [0, 0.1) is 17.8 Å². The third-order valence-corrected chi connectivity index (χ3v) is 4.64. The lowest BCUT2D eigenvalue weighted by molar-refractivity contribution is -0.146. The first-order chi connectivity index (χ1) is 8.99. The molecule has 1 saturated carbocycles. The van der Waals surface area contributed by atoms with Crippen molar-refractivity contribution in [1.29, 1.82) is 0 Å². The van der Waals surface area contributed by atoms with E-state index in [1.54, 1.807) is 0 Å². The Balaban J connectivity index is 1.86. The normalized spacial score (nSPS) is 35.5. The van der Waals surface area contributed by atoms with Gasteiger partial charge in [-0.1, -0.05) is 6.92 Å². The number of carbonyl (C=O) groups is 2. The highest BCUT2D eigenvalue weighted by atomic mass is 16.4. The van der Waals surface area contributed by atoms with Gasteiger partial charge in [0.1, 0.15) is 0 Å². The van der Waals surface area contributed by atoms with E-state index in [0.717, 1.165) is 13.0 Å². The van der Waals surface area contributed by atoms with Crippen molar-refractivity contribution in [3.8, 4) is 0 Å². The van der Waals surface area contributed by atoms with E-state index in [1.165, 1.54) is 6.42 Å². The fourth-order valence-electron chi connectivity index (χ4n) is 3.44.